The van der Waals surface area contributed by atoms with Crippen molar-refractivity contribution in [1.29, 1.82) is 0 Å². The van der Waals surface area contributed by atoms with Gasteiger partial charge in [-0.15, -0.1) is 0 Å². The zero-order valence-electron chi connectivity index (χ0n) is 18.2. The van der Waals surface area contributed by atoms with Crippen molar-refractivity contribution in [3.8, 4) is 0 Å². The average Bonchev–Trinajstić information content (AvgIpc) is 2.82. The monoisotopic (exact) mass is 402 g/mol. The van der Waals surface area contributed by atoms with Crippen molar-refractivity contribution in [2.24, 2.45) is 9.98 Å². The highest BCUT2D eigenvalue weighted by Crippen LogP contribution is 2.30. The summed E-state index contributed by atoms with van der Waals surface area (Å²) in [6, 6.07) is 33.6. The van der Waals surface area contributed by atoms with Gasteiger partial charge in [0.25, 0.3) is 0 Å². The van der Waals surface area contributed by atoms with Crippen LogP contribution >= 0.6 is 0 Å². The third-order valence-electron chi connectivity index (χ3n) is 5.50. The first-order valence-electron chi connectivity index (χ1n) is 10.5. The predicted molar refractivity (Wildman–Crippen MR) is 135 cm³/mol. The van der Waals surface area contributed by atoms with Crippen molar-refractivity contribution in [3.63, 3.8) is 0 Å². The molecule has 0 heterocycles. The third-order valence-corrected chi connectivity index (χ3v) is 5.50. The van der Waals surface area contributed by atoms with Crippen LogP contribution in [0.5, 0.6) is 0 Å². The maximum Gasteiger partial charge on any atom is 0.0893 e. The van der Waals surface area contributed by atoms with Crippen LogP contribution in [0.25, 0.3) is 22.0 Å². The van der Waals surface area contributed by atoms with Gasteiger partial charge in [-0.25, -0.2) is 4.99 Å². The fourth-order valence-electron chi connectivity index (χ4n) is 3.93. The largest absolute Gasteiger partial charge is 0.294 e. The lowest BCUT2D eigenvalue weighted by Crippen LogP contribution is -2.05. The van der Waals surface area contributed by atoms with Crippen LogP contribution in [0.3, 0.4) is 0 Å². The maximum atomic E-state index is 5.22. The van der Waals surface area contributed by atoms with E-state index in [2.05, 4.69) is 110 Å². The lowest BCUT2D eigenvalue weighted by atomic mass is 9.96. The molecule has 0 amide bonds. The van der Waals surface area contributed by atoms with E-state index in [1.807, 2.05) is 12.3 Å². The molecular formula is C29H26N2. The summed E-state index contributed by atoms with van der Waals surface area (Å²) in [5.74, 6) is 0. The number of aliphatic imine (C=N–C) groups is 2. The molecule has 0 aliphatic carbocycles. The third kappa shape index (κ3) is 4.39. The molecule has 0 atom stereocenters. The molecule has 0 aliphatic rings. The Morgan fingerprint density at radius 2 is 1.35 bits per heavy atom. The standard InChI is InChI=1S/C29H26N2/c1-21-12-7-9-17-25(21)22(2)29(24-14-5-4-6-15-24)31-28(20-30-3)27-19-11-16-23-13-8-10-18-26(23)27/h4-20H,1-3H3/b29-22+,30-20+,31-28+. The molecule has 0 fully saturated rings. The van der Waals surface area contributed by atoms with Gasteiger partial charge in [-0.2, -0.15) is 0 Å². The number of nitrogens with zero attached hydrogens (tertiary/aromatic N) is 2. The van der Waals surface area contributed by atoms with Gasteiger partial charge in [0, 0.05) is 24.4 Å². The molecule has 0 saturated heterocycles. The summed E-state index contributed by atoms with van der Waals surface area (Å²) in [7, 11) is 1.79. The summed E-state index contributed by atoms with van der Waals surface area (Å²) in [6.45, 7) is 4.29. The smallest absolute Gasteiger partial charge is 0.0893 e. The molecule has 0 radical (unpaired) electrons. The summed E-state index contributed by atoms with van der Waals surface area (Å²) in [5, 5.41) is 2.36. The van der Waals surface area contributed by atoms with E-state index in [1.165, 1.54) is 21.9 Å². The minimum absolute atomic E-state index is 0.853. The molecule has 0 aliphatic heterocycles. The maximum absolute atomic E-state index is 5.22. The zero-order chi connectivity index (χ0) is 21.6. The molecule has 4 rings (SSSR count). The van der Waals surface area contributed by atoms with Crippen molar-refractivity contribution in [2.45, 2.75) is 13.8 Å². The van der Waals surface area contributed by atoms with Crippen molar-refractivity contribution in [2.75, 3.05) is 7.05 Å². The van der Waals surface area contributed by atoms with Crippen molar-refractivity contribution in [1.82, 2.24) is 0 Å². The van der Waals surface area contributed by atoms with E-state index in [0.717, 1.165) is 28.1 Å². The lowest BCUT2D eigenvalue weighted by molar-refractivity contribution is 1.39. The second-order valence-corrected chi connectivity index (χ2v) is 7.57. The minimum atomic E-state index is 0.853. The van der Waals surface area contributed by atoms with Crippen LogP contribution in [-0.4, -0.2) is 19.0 Å². The Morgan fingerprint density at radius 3 is 2.13 bits per heavy atom. The van der Waals surface area contributed by atoms with E-state index in [4.69, 9.17) is 4.99 Å². The quantitative estimate of drug-likeness (QED) is 0.248. The topological polar surface area (TPSA) is 24.7 Å². The van der Waals surface area contributed by atoms with Gasteiger partial charge in [-0.1, -0.05) is 97.1 Å². The van der Waals surface area contributed by atoms with Gasteiger partial charge in [0.1, 0.15) is 0 Å². The first-order valence-corrected chi connectivity index (χ1v) is 10.5. The minimum Gasteiger partial charge on any atom is -0.294 e. The Balaban J connectivity index is 2.00. The second-order valence-electron chi connectivity index (χ2n) is 7.57. The van der Waals surface area contributed by atoms with E-state index < -0.39 is 0 Å². The van der Waals surface area contributed by atoms with E-state index in [9.17, 15) is 0 Å². The highest BCUT2D eigenvalue weighted by Gasteiger charge is 2.12. The predicted octanol–water partition coefficient (Wildman–Crippen LogP) is 7.23. The molecule has 0 N–H and O–H groups in total. The first-order chi connectivity index (χ1) is 15.2. The van der Waals surface area contributed by atoms with Gasteiger partial charge in [0.15, 0.2) is 0 Å². The average molecular weight is 403 g/mol. The van der Waals surface area contributed by atoms with E-state index >= 15 is 0 Å². The molecule has 2 heteroatoms. The molecule has 0 saturated carbocycles. The molecular weight excluding hydrogens is 376 g/mol. The van der Waals surface area contributed by atoms with E-state index in [1.54, 1.807) is 7.05 Å². The highest BCUT2D eigenvalue weighted by atomic mass is 14.8. The van der Waals surface area contributed by atoms with Gasteiger partial charge in [-0.3, -0.25) is 4.99 Å². The second kappa shape index (κ2) is 9.36. The number of benzene rings is 4. The van der Waals surface area contributed by atoms with Crippen LogP contribution < -0.4 is 0 Å². The Labute approximate surface area is 184 Å². The molecule has 152 valence electrons. The molecule has 0 spiro atoms. The Morgan fingerprint density at radius 1 is 0.710 bits per heavy atom. The van der Waals surface area contributed by atoms with Gasteiger partial charge in [-0.05, 0) is 41.3 Å². The fraction of sp³-hybridized carbons (Fsp3) is 0.103. The van der Waals surface area contributed by atoms with Gasteiger partial charge in [0.2, 0.25) is 0 Å². The number of rotatable bonds is 5. The van der Waals surface area contributed by atoms with E-state index in [0.29, 0.717) is 0 Å². The Kier molecular flexibility index (Phi) is 6.18. The van der Waals surface area contributed by atoms with Crippen LogP contribution in [0, 0.1) is 6.92 Å². The summed E-state index contributed by atoms with van der Waals surface area (Å²) in [5.41, 5.74) is 7.56. The van der Waals surface area contributed by atoms with Crippen LogP contribution in [0.2, 0.25) is 0 Å². The molecule has 31 heavy (non-hydrogen) atoms. The fourth-order valence-corrected chi connectivity index (χ4v) is 3.93. The van der Waals surface area contributed by atoms with Crippen molar-refractivity contribution < 1.29 is 0 Å². The lowest BCUT2D eigenvalue weighted by Gasteiger charge is -2.14. The van der Waals surface area contributed by atoms with Crippen molar-refractivity contribution in [3.05, 3.63) is 119 Å². The summed E-state index contributed by atoms with van der Waals surface area (Å²) >= 11 is 0. The molecule has 0 unspecified atom stereocenters. The van der Waals surface area contributed by atoms with Crippen LogP contribution in [0.15, 0.2) is 107 Å². The Bertz CT molecular complexity index is 1290. The van der Waals surface area contributed by atoms with Gasteiger partial charge < -0.3 is 0 Å². The number of hydrogen-bond donors (Lipinski definition) is 0. The summed E-state index contributed by atoms with van der Waals surface area (Å²) < 4.78 is 0. The molecule has 4 aromatic carbocycles. The molecule has 4 aromatic rings. The highest BCUT2D eigenvalue weighted by molar-refractivity contribution is 6.41. The summed E-state index contributed by atoms with van der Waals surface area (Å²) in [6.07, 6.45) is 1.86. The summed E-state index contributed by atoms with van der Waals surface area (Å²) in [4.78, 5) is 9.56. The van der Waals surface area contributed by atoms with Gasteiger partial charge >= 0.3 is 0 Å². The van der Waals surface area contributed by atoms with Crippen LogP contribution in [0.4, 0.5) is 0 Å². The zero-order valence-corrected chi connectivity index (χ0v) is 18.2. The molecule has 0 aromatic heterocycles. The SMILES string of the molecule is C/N=C/C(=N\C(=C(/C)c1ccccc1C)c1ccccc1)c1cccc2ccccc12. The first kappa shape index (κ1) is 20.5. The van der Waals surface area contributed by atoms with Gasteiger partial charge in [0.05, 0.1) is 11.4 Å². The van der Waals surface area contributed by atoms with Crippen molar-refractivity contribution >= 4 is 34.0 Å². The normalized spacial score (nSPS) is 12.9. The molecule has 0 bridgehead atoms. The van der Waals surface area contributed by atoms with E-state index in [-0.39, 0.29) is 0 Å². The van der Waals surface area contributed by atoms with Crippen LogP contribution in [-0.2, 0) is 0 Å². The number of aryl methyl sites for hydroxylation is 1. The number of fused-ring (bicyclic) bond motifs is 1. The van der Waals surface area contributed by atoms with Crippen LogP contribution in [0.1, 0.15) is 29.2 Å². The molecule has 2 nitrogen and oxygen atoms in total. The number of hydrogen-bond acceptors (Lipinski definition) is 2. The Hall–Kier alpha value is -3.78. The number of allylic oxidation sites excluding steroid dienone is 1.